The topological polar surface area (TPSA) is 59.6 Å². The van der Waals surface area contributed by atoms with E-state index in [2.05, 4.69) is 10.3 Å². The van der Waals surface area contributed by atoms with E-state index in [1.165, 1.54) is 32.1 Å². The van der Waals surface area contributed by atoms with E-state index in [0.717, 1.165) is 11.3 Å². The third kappa shape index (κ3) is 6.42. The van der Waals surface area contributed by atoms with Gasteiger partial charge in [-0.2, -0.15) is 0 Å². The molecule has 0 aliphatic heterocycles. The first-order valence-corrected chi connectivity index (χ1v) is 7.94. The van der Waals surface area contributed by atoms with E-state index in [1.807, 2.05) is 38.1 Å². The maximum absolute atomic E-state index is 5.96. The molecule has 22 heavy (non-hydrogen) atoms. The lowest BCUT2D eigenvalue weighted by atomic mass is 9.96. The molecule has 0 aromatic heterocycles. The third-order valence-electron chi connectivity index (χ3n) is 3.90. The zero-order valence-corrected chi connectivity index (χ0v) is 15.9. The Morgan fingerprint density at radius 3 is 2.68 bits per heavy atom. The Labute approximate surface area is 150 Å². The Bertz CT molecular complexity index is 473. The molecule has 1 unspecified atom stereocenters. The predicted octanol–water partition coefficient (Wildman–Crippen LogP) is 3.62. The fourth-order valence-electron chi connectivity index (χ4n) is 2.67. The standard InChI is InChI=1S/C17H27N3O.HI/c1-13-8-6-7-11-16(13)21-14(2)12-19-17(18)20-15-9-4-3-5-10-15;/h6-8,11,14-15H,3-5,9-10,12H2,1-2H3,(H3,18,19,20);1H. The highest BCUT2D eigenvalue weighted by molar-refractivity contribution is 14.0. The summed E-state index contributed by atoms with van der Waals surface area (Å²) in [6.07, 6.45) is 6.33. The number of nitrogens with zero attached hydrogens (tertiary/aromatic N) is 1. The minimum Gasteiger partial charge on any atom is -0.489 e. The van der Waals surface area contributed by atoms with Crippen LogP contribution in [0.3, 0.4) is 0 Å². The first-order valence-electron chi connectivity index (χ1n) is 7.94. The molecule has 0 amide bonds. The van der Waals surface area contributed by atoms with Gasteiger partial charge in [0.1, 0.15) is 11.9 Å². The summed E-state index contributed by atoms with van der Waals surface area (Å²) in [7, 11) is 0. The van der Waals surface area contributed by atoms with Crippen LogP contribution in [-0.4, -0.2) is 24.7 Å². The first kappa shape index (κ1) is 19.1. The number of nitrogens with one attached hydrogen (secondary N) is 1. The SMILES string of the molecule is Cc1ccccc1OC(C)CN=C(N)NC1CCCCC1.I. The van der Waals surface area contributed by atoms with Crippen molar-refractivity contribution >= 4 is 29.9 Å². The normalized spacial score (nSPS) is 17.5. The van der Waals surface area contributed by atoms with Gasteiger partial charge in [0, 0.05) is 6.04 Å². The number of guanidine groups is 1. The van der Waals surface area contributed by atoms with Crippen LogP contribution in [0.2, 0.25) is 0 Å². The molecule has 124 valence electrons. The Morgan fingerprint density at radius 1 is 1.32 bits per heavy atom. The molecule has 1 aromatic carbocycles. The van der Waals surface area contributed by atoms with E-state index in [-0.39, 0.29) is 30.1 Å². The number of hydrogen-bond acceptors (Lipinski definition) is 2. The average Bonchev–Trinajstić information content (AvgIpc) is 2.49. The van der Waals surface area contributed by atoms with Crippen LogP contribution in [0.5, 0.6) is 5.75 Å². The molecule has 1 aliphatic rings. The van der Waals surface area contributed by atoms with Crippen molar-refractivity contribution in [2.75, 3.05) is 6.54 Å². The van der Waals surface area contributed by atoms with E-state index < -0.39 is 0 Å². The van der Waals surface area contributed by atoms with Crippen LogP contribution < -0.4 is 15.8 Å². The third-order valence-corrected chi connectivity index (χ3v) is 3.90. The summed E-state index contributed by atoms with van der Waals surface area (Å²) in [6.45, 7) is 4.63. The summed E-state index contributed by atoms with van der Waals surface area (Å²) in [5.74, 6) is 1.46. The van der Waals surface area contributed by atoms with Gasteiger partial charge in [0.2, 0.25) is 0 Å². The van der Waals surface area contributed by atoms with Gasteiger partial charge in [0.15, 0.2) is 5.96 Å². The average molecular weight is 417 g/mol. The fourth-order valence-corrected chi connectivity index (χ4v) is 2.67. The van der Waals surface area contributed by atoms with E-state index in [4.69, 9.17) is 10.5 Å². The number of ether oxygens (including phenoxy) is 1. The highest BCUT2D eigenvalue weighted by Gasteiger charge is 2.13. The number of benzene rings is 1. The number of hydrogen-bond donors (Lipinski definition) is 2. The lowest BCUT2D eigenvalue weighted by molar-refractivity contribution is 0.228. The van der Waals surface area contributed by atoms with Crippen molar-refractivity contribution < 1.29 is 4.74 Å². The molecule has 2 rings (SSSR count). The summed E-state index contributed by atoms with van der Waals surface area (Å²) in [4.78, 5) is 4.40. The molecule has 0 radical (unpaired) electrons. The second kappa shape index (κ2) is 9.92. The van der Waals surface area contributed by atoms with Crippen molar-refractivity contribution in [2.24, 2.45) is 10.7 Å². The number of aliphatic imine (C=N–C) groups is 1. The molecule has 1 saturated carbocycles. The Morgan fingerprint density at radius 2 is 2.00 bits per heavy atom. The van der Waals surface area contributed by atoms with Crippen molar-refractivity contribution in [3.8, 4) is 5.75 Å². The summed E-state index contributed by atoms with van der Waals surface area (Å²) < 4.78 is 5.90. The van der Waals surface area contributed by atoms with Crippen molar-refractivity contribution in [3.63, 3.8) is 0 Å². The van der Waals surface area contributed by atoms with Crippen molar-refractivity contribution in [1.82, 2.24) is 5.32 Å². The smallest absolute Gasteiger partial charge is 0.188 e. The summed E-state index contributed by atoms with van der Waals surface area (Å²) in [6, 6.07) is 8.52. The zero-order valence-electron chi connectivity index (χ0n) is 13.5. The molecule has 0 spiro atoms. The minimum atomic E-state index is 0. The zero-order chi connectivity index (χ0) is 15.1. The van der Waals surface area contributed by atoms with Gasteiger partial charge in [-0.1, -0.05) is 37.5 Å². The van der Waals surface area contributed by atoms with Crippen LogP contribution in [0.4, 0.5) is 0 Å². The van der Waals surface area contributed by atoms with E-state index in [9.17, 15) is 0 Å². The Balaban J connectivity index is 0.00000242. The van der Waals surface area contributed by atoms with Crippen LogP contribution in [0.15, 0.2) is 29.3 Å². The molecule has 1 aromatic rings. The second-order valence-corrected chi connectivity index (χ2v) is 5.90. The van der Waals surface area contributed by atoms with Crippen LogP contribution in [0, 0.1) is 6.92 Å². The monoisotopic (exact) mass is 417 g/mol. The molecule has 3 N–H and O–H groups in total. The summed E-state index contributed by atoms with van der Waals surface area (Å²) >= 11 is 0. The second-order valence-electron chi connectivity index (χ2n) is 5.90. The first-order chi connectivity index (χ1) is 10.1. The van der Waals surface area contributed by atoms with Gasteiger partial charge >= 0.3 is 0 Å². The van der Waals surface area contributed by atoms with Gasteiger partial charge in [0.25, 0.3) is 0 Å². The van der Waals surface area contributed by atoms with Gasteiger partial charge in [-0.05, 0) is 38.3 Å². The molecule has 0 heterocycles. The molecular formula is C17H28IN3O. The highest BCUT2D eigenvalue weighted by Crippen LogP contribution is 2.18. The minimum absolute atomic E-state index is 0. The van der Waals surface area contributed by atoms with E-state index in [0.29, 0.717) is 18.5 Å². The van der Waals surface area contributed by atoms with Gasteiger partial charge in [-0.15, -0.1) is 24.0 Å². The summed E-state index contributed by atoms with van der Waals surface area (Å²) in [5, 5.41) is 3.32. The largest absolute Gasteiger partial charge is 0.489 e. The quantitative estimate of drug-likeness (QED) is 0.437. The number of halogens is 1. The fraction of sp³-hybridized carbons (Fsp3) is 0.588. The number of rotatable bonds is 5. The Kier molecular flexibility index (Phi) is 8.60. The predicted molar refractivity (Wildman–Crippen MR) is 103 cm³/mol. The van der Waals surface area contributed by atoms with Gasteiger partial charge in [-0.25, -0.2) is 4.99 Å². The van der Waals surface area contributed by atoms with Crippen molar-refractivity contribution in [1.29, 1.82) is 0 Å². The summed E-state index contributed by atoms with van der Waals surface area (Å²) in [5.41, 5.74) is 7.10. The number of para-hydroxylation sites is 1. The van der Waals surface area contributed by atoms with Crippen LogP contribution in [0.25, 0.3) is 0 Å². The maximum Gasteiger partial charge on any atom is 0.188 e. The van der Waals surface area contributed by atoms with Crippen molar-refractivity contribution in [3.05, 3.63) is 29.8 Å². The lowest BCUT2D eigenvalue weighted by Crippen LogP contribution is -2.41. The van der Waals surface area contributed by atoms with Crippen molar-refractivity contribution in [2.45, 2.75) is 58.1 Å². The molecule has 5 heteroatoms. The highest BCUT2D eigenvalue weighted by atomic mass is 127. The molecule has 4 nitrogen and oxygen atoms in total. The van der Waals surface area contributed by atoms with E-state index >= 15 is 0 Å². The van der Waals surface area contributed by atoms with Crippen LogP contribution >= 0.6 is 24.0 Å². The van der Waals surface area contributed by atoms with Gasteiger partial charge in [-0.3, -0.25) is 0 Å². The van der Waals surface area contributed by atoms with Gasteiger partial charge in [0.05, 0.1) is 6.54 Å². The van der Waals surface area contributed by atoms with Crippen LogP contribution in [0.1, 0.15) is 44.6 Å². The molecule has 1 fully saturated rings. The van der Waals surface area contributed by atoms with E-state index in [1.54, 1.807) is 0 Å². The molecule has 0 bridgehead atoms. The van der Waals surface area contributed by atoms with Gasteiger partial charge < -0.3 is 15.8 Å². The number of aryl methyl sites for hydroxylation is 1. The molecule has 1 atom stereocenters. The molecule has 1 aliphatic carbocycles. The maximum atomic E-state index is 5.96. The Hall–Kier alpha value is -0.980. The molecule has 0 saturated heterocycles. The molecular weight excluding hydrogens is 389 g/mol. The van der Waals surface area contributed by atoms with Crippen LogP contribution in [-0.2, 0) is 0 Å². The lowest BCUT2D eigenvalue weighted by Gasteiger charge is -2.23. The number of nitrogens with two attached hydrogens (primary N) is 1.